The van der Waals surface area contributed by atoms with Gasteiger partial charge in [-0.1, -0.05) is 37.3 Å². The van der Waals surface area contributed by atoms with Crippen molar-refractivity contribution in [3.05, 3.63) is 71.0 Å². The molecule has 2 aromatic carbocycles. The summed E-state index contributed by atoms with van der Waals surface area (Å²) in [5, 5.41) is 11.7. The Morgan fingerprint density at radius 2 is 1.92 bits per heavy atom. The van der Waals surface area contributed by atoms with Crippen LogP contribution >= 0.6 is 0 Å². The molecule has 1 amide bonds. The number of carboxylic acids is 1. The van der Waals surface area contributed by atoms with E-state index in [1.165, 1.54) is 12.1 Å². The molecule has 1 atom stereocenters. The minimum absolute atomic E-state index is 0.153. The number of halogens is 1. The Labute approximate surface area is 140 Å². The van der Waals surface area contributed by atoms with Gasteiger partial charge < -0.3 is 10.4 Å². The van der Waals surface area contributed by atoms with Crippen LogP contribution in [0.25, 0.3) is 0 Å². The van der Waals surface area contributed by atoms with Gasteiger partial charge in [-0.05, 0) is 41.7 Å². The van der Waals surface area contributed by atoms with E-state index in [9.17, 15) is 14.0 Å². The number of carboxylic acid groups (broad SMARTS) is 1. The molecule has 0 aliphatic carbocycles. The van der Waals surface area contributed by atoms with Gasteiger partial charge in [0.15, 0.2) is 0 Å². The molecule has 0 saturated carbocycles. The van der Waals surface area contributed by atoms with Crippen LogP contribution in [0.1, 0.15) is 40.7 Å². The molecule has 4 nitrogen and oxygen atoms in total. The summed E-state index contributed by atoms with van der Waals surface area (Å²) in [6.07, 6.45) is 0.747. The van der Waals surface area contributed by atoms with Gasteiger partial charge in [0.2, 0.25) is 5.91 Å². The molecule has 1 unspecified atom stereocenters. The third-order valence-corrected chi connectivity index (χ3v) is 3.84. The molecule has 0 aromatic heterocycles. The van der Waals surface area contributed by atoms with Gasteiger partial charge in [0.25, 0.3) is 0 Å². The first-order valence-corrected chi connectivity index (χ1v) is 7.80. The zero-order valence-electron chi connectivity index (χ0n) is 13.5. The molecule has 24 heavy (non-hydrogen) atoms. The van der Waals surface area contributed by atoms with E-state index in [2.05, 4.69) is 5.32 Å². The SMILES string of the molecule is CC(CC(=O)NCCc1cccc(C(=O)O)c1)c1ccccc1F. The zero-order chi connectivity index (χ0) is 17.5. The summed E-state index contributed by atoms with van der Waals surface area (Å²) in [6.45, 7) is 2.22. The molecule has 0 fully saturated rings. The summed E-state index contributed by atoms with van der Waals surface area (Å²) >= 11 is 0. The van der Waals surface area contributed by atoms with Gasteiger partial charge >= 0.3 is 5.97 Å². The molecule has 5 heteroatoms. The Balaban J connectivity index is 1.82. The highest BCUT2D eigenvalue weighted by Crippen LogP contribution is 2.21. The summed E-state index contributed by atoms with van der Waals surface area (Å²) < 4.78 is 13.7. The van der Waals surface area contributed by atoms with Gasteiger partial charge in [-0.3, -0.25) is 4.79 Å². The Kier molecular flexibility index (Phi) is 6.07. The third-order valence-electron chi connectivity index (χ3n) is 3.84. The molecule has 0 aliphatic rings. The molecule has 0 bridgehead atoms. The van der Waals surface area contributed by atoms with E-state index < -0.39 is 5.97 Å². The molecule has 0 heterocycles. The lowest BCUT2D eigenvalue weighted by molar-refractivity contribution is -0.121. The molecule has 0 radical (unpaired) electrons. The van der Waals surface area contributed by atoms with E-state index in [1.54, 1.807) is 30.3 Å². The first-order chi connectivity index (χ1) is 11.5. The second-order valence-electron chi connectivity index (χ2n) is 5.73. The second-order valence-corrected chi connectivity index (χ2v) is 5.73. The largest absolute Gasteiger partial charge is 0.478 e. The van der Waals surface area contributed by atoms with Gasteiger partial charge in [-0.2, -0.15) is 0 Å². The van der Waals surface area contributed by atoms with E-state index >= 15 is 0 Å². The fourth-order valence-electron chi connectivity index (χ4n) is 2.54. The third kappa shape index (κ3) is 4.91. The Morgan fingerprint density at radius 1 is 1.17 bits per heavy atom. The van der Waals surface area contributed by atoms with Crippen LogP contribution in [0.3, 0.4) is 0 Å². The topological polar surface area (TPSA) is 66.4 Å². The van der Waals surface area contributed by atoms with Crippen LogP contribution in [-0.4, -0.2) is 23.5 Å². The quantitative estimate of drug-likeness (QED) is 0.818. The number of hydrogen-bond acceptors (Lipinski definition) is 2. The number of rotatable bonds is 7. The van der Waals surface area contributed by atoms with E-state index in [0.29, 0.717) is 18.5 Å². The fourth-order valence-corrected chi connectivity index (χ4v) is 2.54. The number of amides is 1. The zero-order valence-corrected chi connectivity index (χ0v) is 13.5. The number of aromatic carboxylic acids is 1. The maximum atomic E-state index is 13.7. The molecular weight excluding hydrogens is 309 g/mol. The molecule has 0 spiro atoms. The molecule has 126 valence electrons. The summed E-state index contributed by atoms with van der Waals surface area (Å²) in [5.41, 5.74) is 1.60. The standard InChI is InChI=1S/C19H20FNO3/c1-13(16-7-2-3-8-17(16)20)11-18(22)21-10-9-14-5-4-6-15(12-14)19(23)24/h2-8,12-13H,9-11H2,1H3,(H,21,22)(H,23,24). The van der Waals surface area contributed by atoms with Crippen LogP contribution in [0.2, 0.25) is 0 Å². The first-order valence-electron chi connectivity index (χ1n) is 7.80. The Morgan fingerprint density at radius 3 is 2.62 bits per heavy atom. The summed E-state index contributed by atoms with van der Waals surface area (Å²) in [7, 11) is 0. The Bertz CT molecular complexity index is 730. The van der Waals surface area contributed by atoms with Gasteiger partial charge in [-0.25, -0.2) is 9.18 Å². The number of carbonyl (C=O) groups excluding carboxylic acids is 1. The second kappa shape index (κ2) is 8.24. The number of carbonyl (C=O) groups is 2. The summed E-state index contributed by atoms with van der Waals surface area (Å²) in [4.78, 5) is 22.9. The normalized spacial score (nSPS) is 11.8. The highest BCUT2D eigenvalue weighted by Gasteiger charge is 2.14. The average Bonchev–Trinajstić information content (AvgIpc) is 2.55. The van der Waals surface area contributed by atoms with Crippen molar-refractivity contribution in [2.45, 2.75) is 25.7 Å². The van der Waals surface area contributed by atoms with Crippen LogP contribution in [0.4, 0.5) is 4.39 Å². The molecular formula is C19H20FNO3. The smallest absolute Gasteiger partial charge is 0.335 e. The van der Waals surface area contributed by atoms with Crippen LogP contribution < -0.4 is 5.32 Å². The fraction of sp³-hybridized carbons (Fsp3) is 0.263. The lowest BCUT2D eigenvalue weighted by atomic mass is 9.97. The molecule has 0 saturated heterocycles. The number of hydrogen-bond donors (Lipinski definition) is 2. The van der Waals surface area contributed by atoms with E-state index in [0.717, 1.165) is 5.56 Å². The van der Waals surface area contributed by atoms with Crippen LogP contribution in [0.5, 0.6) is 0 Å². The van der Waals surface area contributed by atoms with E-state index in [-0.39, 0.29) is 29.6 Å². The summed E-state index contributed by atoms with van der Waals surface area (Å²) in [5.74, 6) is -1.63. The van der Waals surface area contributed by atoms with Crippen molar-refractivity contribution < 1.29 is 19.1 Å². The van der Waals surface area contributed by atoms with E-state index in [4.69, 9.17) is 5.11 Å². The maximum absolute atomic E-state index is 13.7. The van der Waals surface area contributed by atoms with Crippen LogP contribution in [0.15, 0.2) is 48.5 Å². The van der Waals surface area contributed by atoms with Crippen molar-refractivity contribution in [3.8, 4) is 0 Å². The molecule has 2 N–H and O–H groups in total. The highest BCUT2D eigenvalue weighted by molar-refractivity contribution is 5.87. The van der Waals surface area contributed by atoms with Crippen molar-refractivity contribution in [2.75, 3.05) is 6.54 Å². The number of nitrogens with one attached hydrogen (secondary N) is 1. The lowest BCUT2D eigenvalue weighted by Crippen LogP contribution is -2.26. The van der Waals surface area contributed by atoms with Crippen LogP contribution in [0, 0.1) is 5.82 Å². The predicted molar refractivity (Wildman–Crippen MR) is 89.5 cm³/mol. The van der Waals surface area contributed by atoms with Gasteiger partial charge in [0.05, 0.1) is 5.56 Å². The predicted octanol–water partition coefficient (Wildman–Crippen LogP) is 3.38. The maximum Gasteiger partial charge on any atom is 0.335 e. The molecule has 2 rings (SSSR count). The van der Waals surface area contributed by atoms with Gasteiger partial charge in [0, 0.05) is 13.0 Å². The minimum Gasteiger partial charge on any atom is -0.478 e. The number of benzene rings is 2. The summed E-state index contributed by atoms with van der Waals surface area (Å²) in [6, 6.07) is 13.1. The van der Waals surface area contributed by atoms with Gasteiger partial charge in [0.1, 0.15) is 5.82 Å². The van der Waals surface area contributed by atoms with Crippen molar-refractivity contribution >= 4 is 11.9 Å². The lowest BCUT2D eigenvalue weighted by Gasteiger charge is -2.13. The van der Waals surface area contributed by atoms with Crippen molar-refractivity contribution in [1.29, 1.82) is 0 Å². The minimum atomic E-state index is -0.973. The first kappa shape index (κ1) is 17.7. The average molecular weight is 329 g/mol. The Hall–Kier alpha value is -2.69. The monoisotopic (exact) mass is 329 g/mol. The molecule has 0 aliphatic heterocycles. The van der Waals surface area contributed by atoms with Crippen molar-refractivity contribution in [1.82, 2.24) is 5.32 Å². The molecule has 2 aromatic rings. The van der Waals surface area contributed by atoms with Crippen molar-refractivity contribution in [3.63, 3.8) is 0 Å². The van der Waals surface area contributed by atoms with Crippen molar-refractivity contribution in [2.24, 2.45) is 0 Å². The highest BCUT2D eigenvalue weighted by atomic mass is 19.1. The van der Waals surface area contributed by atoms with Crippen LogP contribution in [-0.2, 0) is 11.2 Å². The van der Waals surface area contributed by atoms with E-state index in [1.807, 2.05) is 13.0 Å². The van der Waals surface area contributed by atoms with Gasteiger partial charge in [-0.15, -0.1) is 0 Å².